The quantitative estimate of drug-likeness (QED) is 0.418. The second kappa shape index (κ2) is 8.01. The Hall–Kier alpha value is -4.28. The molecule has 0 aliphatic carbocycles. The summed E-state index contributed by atoms with van der Waals surface area (Å²) in [6, 6.07) is 6.46. The number of halogens is 3. The van der Waals surface area contributed by atoms with E-state index in [2.05, 4.69) is 30.2 Å². The lowest BCUT2D eigenvalue weighted by atomic mass is 10.1. The van der Waals surface area contributed by atoms with Gasteiger partial charge in [-0.3, -0.25) is 9.36 Å². The molecule has 0 spiro atoms. The second-order valence-corrected chi connectivity index (χ2v) is 7.24. The third-order valence-corrected chi connectivity index (χ3v) is 5.28. The van der Waals surface area contributed by atoms with Crippen LogP contribution < -0.4 is 10.9 Å². The molecule has 0 aliphatic rings. The van der Waals surface area contributed by atoms with Gasteiger partial charge in [0, 0.05) is 0 Å². The van der Waals surface area contributed by atoms with Crippen molar-refractivity contribution in [3.8, 4) is 5.69 Å². The van der Waals surface area contributed by atoms with Crippen molar-refractivity contribution < 1.29 is 13.2 Å². The van der Waals surface area contributed by atoms with Crippen LogP contribution in [-0.4, -0.2) is 29.5 Å². The zero-order chi connectivity index (χ0) is 23.1. The molecular formula is C22H16F3N7O. The van der Waals surface area contributed by atoms with Gasteiger partial charge in [-0.25, -0.2) is 33.1 Å². The van der Waals surface area contributed by atoms with Crippen LogP contribution in [0.3, 0.4) is 0 Å². The summed E-state index contributed by atoms with van der Waals surface area (Å²) in [5.74, 6) is -2.48. The molecule has 2 N–H and O–H groups in total. The Morgan fingerprint density at radius 2 is 1.76 bits per heavy atom. The zero-order valence-corrected chi connectivity index (χ0v) is 17.2. The Morgan fingerprint density at radius 3 is 2.52 bits per heavy atom. The van der Waals surface area contributed by atoms with E-state index in [4.69, 9.17) is 0 Å². The molecule has 0 saturated carbocycles. The van der Waals surface area contributed by atoms with Crippen LogP contribution in [-0.2, 0) is 0 Å². The summed E-state index contributed by atoms with van der Waals surface area (Å²) in [4.78, 5) is 33.2. The number of nitrogens with one attached hydrogen (secondary N) is 2. The highest BCUT2D eigenvalue weighted by molar-refractivity contribution is 5.82. The van der Waals surface area contributed by atoms with E-state index in [1.807, 2.05) is 0 Å². The Labute approximate surface area is 184 Å². The van der Waals surface area contributed by atoms with Crippen molar-refractivity contribution in [3.05, 3.63) is 82.7 Å². The van der Waals surface area contributed by atoms with Gasteiger partial charge >= 0.3 is 0 Å². The Bertz CT molecular complexity index is 1540. The lowest BCUT2D eigenvalue weighted by Crippen LogP contribution is -2.30. The molecule has 0 saturated heterocycles. The molecule has 2 aromatic carbocycles. The molecule has 33 heavy (non-hydrogen) atoms. The number of aromatic nitrogens is 6. The fourth-order valence-electron chi connectivity index (χ4n) is 3.74. The van der Waals surface area contributed by atoms with Crippen molar-refractivity contribution >= 4 is 27.9 Å². The molecule has 1 atom stereocenters. The van der Waals surface area contributed by atoms with E-state index in [9.17, 15) is 18.0 Å². The first-order valence-corrected chi connectivity index (χ1v) is 10.1. The number of hydrogen-bond donors (Lipinski definition) is 2. The normalized spacial score (nSPS) is 12.4. The summed E-state index contributed by atoms with van der Waals surface area (Å²) in [5, 5.41) is 2.77. The van der Waals surface area contributed by atoms with Gasteiger partial charge in [0.25, 0.3) is 5.56 Å². The number of benzene rings is 2. The first kappa shape index (κ1) is 20.6. The first-order valence-electron chi connectivity index (χ1n) is 10.1. The number of imidazole rings is 1. The molecular weight excluding hydrogens is 435 g/mol. The number of anilines is 1. The van der Waals surface area contributed by atoms with Gasteiger partial charge in [0.05, 0.1) is 17.9 Å². The minimum atomic E-state index is -0.984. The number of aromatic amines is 1. The van der Waals surface area contributed by atoms with Crippen molar-refractivity contribution in [2.45, 2.75) is 19.4 Å². The maximum absolute atomic E-state index is 14.8. The predicted octanol–water partition coefficient (Wildman–Crippen LogP) is 4.03. The van der Waals surface area contributed by atoms with Crippen LogP contribution in [0.4, 0.5) is 19.0 Å². The number of hydrogen-bond acceptors (Lipinski definition) is 6. The lowest BCUT2D eigenvalue weighted by molar-refractivity contribution is 0.552. The van der Waals surface area contributed by atoms with Crippen LogP contribution in [0.5, 0.6) is 0 Å². The third kappa shape index (κ3) is 3.37. The number of rotatable bonds is 5. The van der Waals surface area contributed by atoms with Gasteiger partial charge < -0.3 is 10.3 Å². The highest BCUT2D eigenvalue weighted by atomic mass is 19.1. The zero-order valence-electron chi connectivity index (χ0n) is 17.2. The smallest absolute Gasteiger partial charge is 0.269 e. The van der Waals surface area contributed by atoms with E-state index in [1.165, 1.54) is 30.9 Å². The molecule has 0 bridgehead atoms. The molecule has 0 radical (unpaired) electrons. The third-order valence-electron chi connectivity index (χ3n) is 5.28. The molecule has 3 heterocycles. The second-order valence-electron chi connectivity index (χ2n) is 7.24. The molecule has 11 heteroatoms. The first-order chi connectivity index (χ1) is 16.0. The summed E-state index contributed by atoms with van der Waals surface area (Å²) in [7, 11) is 0. The molecule has 0 fully saturated rings. The van der Waals surface area contributed by atoms with Crippen LogP contribution in [0.1, 0.15) is 25.2 Å². The summed E-state index contributed by atoms with van der Waals surface area (Å²) in [5.41, 5.74) is -0.578. The molecule has 0 aliphatic heterocycles. The highest BCUT2D eigenvalue weighted by Crippen LogP contribution is 2.28. The standard InChI is InChI=1S/C22H16F3N7O/c1-2-14(30-20-17-19(27-9-26-17)28-10-29-20)21-31-15-8-4-5-11(23)16(15)22(33)32(21)18-12(24)6-3-7-13(18)25/h3-10,14H,2H2,1H3,(H2,26,27,28,29,30). The number of fused-ring (bicyclic) bond motifs is 2. The van der Waals surface area contributed by atoms with E-state index in [-0.39, 0.29) is 16.7 Å². The van der Waals surface area contributed by atoms with Crippen LogP contribution in [0.2, 0.25) is 0 Å². The summed E-state index contributed by atoms with van der Waals surface area (Å²) in [6.07, 6.45) is 3.12. The SMILES string of the molecule is CCC(Nc1ncnc2[nH]cnc12)c1nc2cccc(F)c2c(=O)n1-c1c(F)cccc1F. The monoisotopic (exact) mass is 451 g/mol. The van der Waals surface area contributed by atoms with Gasteiger partial charge in [-0.05, 0) is 30.7 Å². The maximum atomic E-state index is 14.8. The molecule has 8 nitrogen and oxygen atoms in total. The molecule has 3 aromatic heterocycles. The van der Waals surface area contributed by atoms with Crippen LogP contribution >= 0.6 is 0 Å². The maximum Gasteiger partial charge on any atom is 0.269 e. The molecule has 5 aromatic rings. The fraction of sp³-hybridized carbons (Fsp3) is 0.136. The summed E-state index contributed by atoms with van der Waals surface area (Å²) in [6.45, 7) is 1.80. The van der Waals surface area contributed by atoms with Crippen molar-refractivity contribution in [3.63, 3.8) is 0 Å². The average molecular weight is 451 g/mol. The number of H-pyrrole nitrogens is 1. The van der Waals surface area contributed by atoms with E-state index >= 15 is 0 Å². The molecule has 166 valence electrons. The lowest BCUT2D eigenvalue weighted by Gasteiger charge is -2.22. The minimum Gasteiger partial charge on any atom is -0.358 e. The van der Waals surface area contributed by atoms with Crippen molar-refractivity contribution in [1.29, 1.82) is 0 Å². The van der Waals surface area contributed by atoms with Crippen molar-refractivity contribution in [2.24, 2.45) is 0 Å². The largest absolute Gasteiger partial charge is 0.358 e. The highest BCUT2D eigenvalue weighted by Gasteiger charge is 2.26. The Kier molecular flexibility index (Phi) is 5.00. The Morgan fingerprint density at radius 1 is 1.03 bits per heavy atom. The molecule has 0 amide bonds. The predicted molar refractivity (Wildman–Crippen MR) is 116 cm³/mol. The van der Waals surface area contributed by atoms with Crippen LogP contribution in [0.15, 0.2) is 53.8 Å². The van der Waals surface area contributed by atoms with E-state index < -0.39 is 34.7 Å². The summed E-state index contributed by atoms with van der Waals surface area (Å²) < 4.78 is 44.9. The van der Waals surface area contributed by atoms with Crippen molar-refractivity contribution in [2.75, 3.05) is 5.32 Å². The molecule has 1 unspecified atom stereocenters. The Balaban J connectivity index is 1.79. The van der Waals surface area contributed by atoms with Gasteiger partial charge in [-0.15, -0.1) is 0 Å². The van der Waals surface area contributed by atoms with E-state index in [0.29, 0.717) is 23.4 Å². The number of para-hydroxylation sites is 1. The minimum absolute atomic E-state index is 0.00750. The van der Waals surface area contributed by atoms with Gasteiger partial charge in [-0.1, -0.05) is 19.1 Å². The van der Waals surface area contributed by atoms with E-state index in [0.717, 1.165) is 22.8 Å². The van der Waals surface area contributed by atoms with Crippen LogP contribution in [0.25, 0.3) is 27.8 Å². The topological polar surface area (TPSA) is 101 Å². The summed E-state index contributed by atoms with van der Waals surface area (Å²) >= 11 is 0. The van der Waals surface area contributed by atoms with Gasteiger partial charge in [0.1, 0.15) is 46.2 Å². The van der Waals surface area contributed by atoms with Gasteiger partial charge in [0.2, 0.25) is 0 Å². The van der Waals surface area contributed by atoms with E-state index in [1.54, 1.807) is 6.92 Å². The fourth-order valence-corrected chi connectivity index (χ4v) is 3.74. The average Bonchev–Trinajstić information content (AvgIpc) is 3.28. The van der Waals surface area contributed by atoms with Crippen LogP contribution in [0, 0.1) is 17.5 Å². The molecule has 5 rings (SSSR count). The van der Waals surface area contributed by atoms with Gasteiger partial charge in [0.15, 0.2) is 11.5 Å². The van der Waals surface area contributed by atoms with Gasteiger partial charge in [-0.2, -0.15) is 0 Å². The van der Waals surface area contributed by atoms with Crippen molar-refractivity contribution in [1.82, 2.24) is 29.5 Å². The number of nitrogens with zero attached hydrogens (tertiary/aromatic N) is 5.